The number of carbonyl (C=O) groups is 3. The molecule has 1 aliphatic heterocycles. The van der Waals surface area contributed by atoms with Gasteiger partial charge in [-0.2, -0.15) is 13.2 Å². The molecule has 0 spiro atoms. The van der Waals surface area contributed by atoms with Crippen LogP contribution in [0.4, 0.5) is 18.0 Å². The number of halogens is 3. The first-order chi connectivity index (χ1) is 20.9. The number of H-pyrrole nitrogens is 1. The molecule has 3 N–H and O–H groups in total. The van der Waals surface area contributed by atoms with Crippen molar-refractivity contribution < 1.29 is 40.7 Å². The molecule has 1 saturated heterocycles. The van der Waals surface area contributed by atoms with Crippen LogP contribution in [-0.4, -0.2) is 60.4 Å². The van der Waals surface area contributed by atoms with E-state index in [9.17, 15) is 36.0 Å². The quantitative estimate of drug-likeness (QED) is 0.318. The van der Waals surface area contributed by atoms with Crippen molar-refractivity contribution in [1.82, 2.24) is 19.9 Å². The molecule has 2 aliphatic rings. The fraction of sp³-hybridized carbons (Fsp3) is 0.387. The summed E-state index contributed by atoms with van der Waals surface area (Å²) in [5, 5.41) is 3.33. The van der Waals surface area contributed by atoms with Crippen molar-refractivity contribution in [2.75, 3.05) is 13.1 Å². The van der Waals surface area contributed by atoms with E-state index in [0.29, 0.717) is 16.5 Å². The number of alkyl halides is 3. The predicted molar refractivity (Wildman–Crippen MR) is 158 cm³/mol. The highest BCUT2D eigenvalue weighted by atomic mass is 32.2. The fourth-order valence-corrected chi connectivity index (χ4v) is 6.94. The number of amides is 3. The van der Waals surface area contributed by atoms with Crippen molar-refractivity contribution in [2.24, 2.45) is 11.8 Å². The summed E-state index contributed by atoms with van der Waals surface area (Å²) in [5.41, 5.74) is -2.66. The highest BCUT2D eigenvalue weighted by Gasteiger charge is 2.61. The molecule has 0 unspecified atom stereocenters. The Balaban J connectivity index is 1.41. The lowest BCUT2D eigenvalue weighted by Gasteiger charge is -2.24. The monoisotopic (exact) mass is 646 g/mol. The van der Waals surface area contributed by atoms with E-state index in [0.717, 1.165) is 12.1 Å². The minimum Gasteiger partial charge on any atom is -0.444 e. The standard InChI is InChI=1S/C31H33F3N4O6S/c1-5-20-15-30(20,27(40)37-45(42,43)24-8-6-7-19-13-14-35-25(19)24)36-26(39)23-17-38(28(41)44-29(2,3)4)16-22(23)18-9-11-21(12-10-18)31(32,33)34/h5-14,20,22-23,35H,1,15-17H2,2-4H3,(H,36,39)(H,37,40)/t20-,22-,23+,30-/m1/s1. The first-order valence-electron chi connectivity index (χ1n) is 14.2. The molecule has 1 aliphatic carbocycles. The molecule has 5 rings (SSSR count). The van der Waals surface area contributed by atoms with Crippen LogP contribution in [0.5, 0.6) is 0 Å². The molecule has 0 bridgehead atoms. The van der Waals surface area contributed by atoms with Crippen LogP contribution in [-0.2, 0) is 30.5 Å². The number of rotatable bonds is 7. The van der Waals surface area contributed by atoms with E-state index < -0.39 is 68.6 Å². The number of ether oxygens (including phenoxy) is 1. The molecule has 2 fully saturated rings. The zero-order chi connectivity index (χ0) is 32.9. The van der Waals surface area contributed by atoms with E-state index >= 15 is 0 Å². The zero-order valence-electron chi connectivity index (χ0n) is 24.8. The molecule has 1 saturated carbocycles. The smallest absolute Gasteiger partial charge is 0.416 e. The van der Waals surface area contributed by atoms with Gasteiger partial charge in [-0.3, -0.25) is 9.59 Å². The van der Waals surface area contributed by atoms with Crippen molar-refractivity contribution in [3.05, 3.63) is 78.5 Å². The number of aromatic nitrogens is 1. The summed E-state index contributed by atoms with van der Waals surface area (Å²) in [4.78, 5) is 44.4. The predicted octanol–water partition coefficient (Wildman–Crippen LogP) is 4.70. The number of hydrogen-bond donors (Lipinski definition) is 3. The van der Waals surface area contributed by atoms with Crippen LogP contribution in [0.3, 0.4) is 0 Å². The van der Waals surface area contributed by atoms with Crippen LogP contribution < -0.4 is 10.0 Å². The minimum atomic E-state index is -4.56. The van der Waals surface area contributed by atoms with Crippen LogP contribution in [0, 0.1) is 11.8 Å². The van der Waals surface area contributed by atoms with Crippen LogP contribution >= 0.6 is 0 Å². The van der Waals surface area contributed by atoms with Gasteiger partial charge in [0.1, 0.15) is 16.0 Å². The second-order valence-corrected chi connectivity index (χ2v) is 14.0. The van der Waals surface area contributed by atoms with Crippen molar-refractivity contribution in [3.8, 4) is 0 Å². The molecule has 2 aromatic carbocycles. The molecule has 1 aromatic heterocycles. The summed E-state index contributed by atoms with van der Waals surface area (Å²) in [6.07, 6.45) is -2.19. The number of hydrogen-bond acceptors (Lipinski definition) is 6. The molecule has 2 heterocycles. The lowest BCUT2D eigenvalue weighted by molar-refractivity contribution is -0.137. The van der Waals surface area contributed by atoms with E-state index in [2.05, 4.69) is 21.6 Å². The number of nitrogens with zero attached hydrogens (tertiary/aromatic N) is 1. The Hall–Kier alpha value is -4.33. The van der Waals surface area contributed by atoms with E-state index in [4.69, 9.17) is 4.74 Å². The maximum atomic E-state index is 13.9. The van der Waals surface area contributed by atoms with E-state index in [1.807, 2.05) is 0 Å². The first kappa shape index (κ1) is 32.1. The summed E-state index contributed by atoms with van der Waals surface area (Å²) >= 11 is 0. The number of fused-ring (bicyclic) bond motifs is 1. The number of benzene rings is 2. The molecule has 10 nitrogen and oxygen atoms in total. The van der Waals surface area contributed by atoms with Crippen molar-refractivity contribution in [2.45, 2.75) is 55.3 Å². The lowest BCUT2D eigenvalue weighted by atomic mass is 9.87. The summed E-state index contributed by atoms with van der Waals surface area (Å²) in [6, 6.07) is 10.6. The molecule has 3 aromatic rings. The average molecular weight is 647 g/mol. The summed E-state index contributed by atoms with van der Waals surface area (Å²) in [7, 11) is -4.37. The highest BCUT2D eigenvalue weighted by Crippen LogP contribution is 2.46. The second kappa shape index (κ2) is 11.2. The van der Waals surface area contributed by atoms with Gasteiger partial charge in [0.15, 0.2) is 0 Å². The fourth-order valence-electron chi connectivity index (χ4n) is 5.70. The second-order valence-electron chi connectivity index (χ2n) is 12.4. The zero-order valence-corrected chi connectivity index (χ0v) is 25.6. The van der Waals surface area contributed by atoms with Gasteiger partial charge in [0, 0.05) is 36.5 Å². The van der Waals surface area contributed by atoms with Crippen LogP contribution in [0.1, 0.15) is 44.2 Å². The van der Waals surface area contributed by atoms with Crippen LogP contribution in [0.2, 0.25) is 0 Å². The SMILES string of the molecule is C=C[C@@H]1C[C@]1(NC(=O)[C@H]1CN(C(=O)OC(C)(C)C)C[C@@H]1c1ccc(C(F)(F)F)cc1)C(=O)NS(=O)(=O)c1cccc2cc[nH]c12. The Morgan fingerprint density at radius 3 is 2.36 bits per heavy atom. The van der Waals surface area contributed by atoms with E-state index in [-0.39, 0.29) is 24.4 Å². The van der Waals surface area contributed by atoms with Gasteiger partial charge in [-0.15, -0.1) is 6.58 Å². The van der Waals surface area contributed by atoms with Gasteiger partial charge in [0.05, 0.1) is 17.0 Å². The Bertz CT molecular complexity index is 1760. The molecule has 4 atom stereocenters. The van der Waals surface area contributed by atoms with E-state index in [1.165, 1.54) is 35.2 Å². The van der Waals surface area contributed by atoms with Gasteiger partial charge in [0.2, 0.25) is 5.91 Å². The molecule has 45 heavy (non-hydrogen) atoms. The maximum absolute atomic E-state index is 13.9. The van der Waals surface area contributed by atoms with E-state index in [1.54, 1.807) is 39.1 Å². The normalized spacial score (nSPS) is 23.4. The van der Waals surface area contributed by atoms with Crippen molar-refractivity contribution >= 4 is 38.8 Å². The van der Waals surface area contributed by atoms with Gasteiger partial charge in [-0.25, -0.2) is 17.9 Å². The van der Waals surface area contributed by atoms with Crippen molar-refractivity contribution in [3.63, 3.8) is 0 Å². The lowest BCUT2D eigenvalue weighted by Crippen LogP contribution is -2.53. The van der Waals surface area contributed by atoms with Gasteiger partial charge in [-0.05, 0) is 57.0 Å². The third kappa shape index (κ3) is 6.42. The number of sulfonamides is 1. The first-order valence-corrected chi connectivity index (χ1v) is 15.7. The largest absolute Gasteiger partial charge is 0.444 e. The Morgan fingerprint density at radius 1 is 1.07 bits per heavy atom. The Kier molecular flexibility index (Phi) is 8.01. The summed E-state index contributed by atoms with van der Waals surface area (Å²) < 4.78 is 73.9. The minimum absolute atomic E-state index is 0.0308. The number of carbonyl (C=O) groups excluding carboxylic acids is 3. The average Bonchev–Trinajstić information content (AvgIpc) is 3.26. The third-order valence-corrected chi connectivity index (χ3v) is 9.46. The summed E-state index contributed by atoms with van der Waals surface area (Å²) in [6.45, 7) is 8.56. The van der Waals surface area contributed by atoms with Gasteiger partial charge in [0.25, 0.3) is 15.9 Å². The van der Waals surface area contributed by atoms with Crippen LogP contribution in [0.15, 0.2) is 72.3 Å². The molecule has 3 amide bonds. The Morgan fingerprint density at radius 2 is 1.76 bits per heavy atom. The maximum Gasteiger partial charge on any atom is 0.416 e. The third-order valence-electron chi connectivity index (χ3n) is 8.09. The molecule has 0 radical (unpaired) electrons. The molecular weight excluding hydrogens is 613 g/mol. The van der Waals surface area contributed by atoms with Gasteiger partial charge in [-0.1, -0.05) is 30.3 Å². The van der Waals surface area contributed by atoms with Crippen molar-refractivity contribution in [1.29, 1.82) is 0 Å². The van der Waals surface area contributed by atoms with Crippen LogP contribution in [0.25, 0.3) is 10.9 Å². The number of likely N-dealkylation sites (tertiary alicyclic amines) is 1. The topological polar surface area (TPSA) is 138 Å². The number of aromatic amines is 1. The highest BCUT2D eigenvalue weighted by molar-refractivity contribution is 7.90. The Labute approximate surface area is 258 Å². The molecule has 240 valence electrons. The number of nitrogens with one attached hydrogen (secondary N) is 3. The molecule has 14 heteroatoms. The molecular formula is C31H33F3N4O6S. The number of para-hydroxylation sites is 1. The summed E-state index contributed by atoms with van der Waals surface area (Å²) in [5.74, 6) is -3.96. The van der Waals surface area contributed by atoms with Gasteiger partial charge < -0.3 is 19.9 Å². The van der Waals surface area contributed by atoms with Gasteiger partial charge >= 0.3 is 12.3 Å².